The first kappa shape index (κ1) is 15.0. The van der Waals surface area contributed by atoms with Crippen molar-refractivity contribution >= 4 is 27.8 Å². The molecule has 2 aromatic heterocycles. The minimum absolute atomic E-state index is 0.514. The summed E-state index contributed by atoms with van der Waals surface area (Å²) >= 11 is 3.63. The summed E-state index contributed by atoms with van der Waals surface area (Å²) in [4.78, 5) is 8.71. The maximum absolute atomic E-state index is 4.84. The molecule has 0 saturated heterocycles. The maximum Gasteiger partial charge on any atom is 0.186 e. The third-order valence-corrected chi connectivity index (χ3v) is 5.65. The van der Waals surface area contributed by atoms with E-state index < -0.39 is 0 Å². The maximum atomic E-state index is 4.84. The number of nitrogens with zero attached hydrogens (tertiary/aromatic N) is 2. The molecule has 0 aromatic carbocycles. The minimum Gasteiger partial charge on any atom is -0.341 e. The number of aromatic nitrogens is 1. The van der Waals surface area contributed by atoms with E-state index in [-0.39, 0.29) is 0 Å². The number of hydrogen-bond acceptors (Lipinski definition) is 5. The van der Waals surface area contributed by atoms with Crippen molar-refractivity contribution in [3.63, 3.8) is 0 Å². The van der Waals surface area contributed by atoms with Crippen LogP contribution in [0.25, 0.3) is 0 Å². The first-order chi connectivity index (χ1) is 10.1. The Morgan fingerprint density at radius 3 is 2.86 bits per heavy atom. The summed E-state index contributed by atoms with van der Waals surface area (Å²) in [7, 11) is 0. The molecule has 21 heavy (non-hydrogen) atoms. The fourth-order valence-corrected chi connectivity index (χ4v) is 4.06. The quantitative estimate of drug-likeness (QED) is 0.829. The molecular weight excluding hydrogens is 298 g/mol. The molecule has 2 heterocycles. The fourth-order valence-electron chi connectivity index (χ4n) is 2.31. The number of thiazole rings is 1. The SMILES string of the molecule is Cc1nc(N(Cc2ccsc2)C2CC2)sc1CNC(C)C. The van der Waals surface area contributed by atoms with Crippen molar-refractivity contribution in [3.8, 4) is 0 Å². The van der Waals surface area contributed by atoms with Crippen molar-refractivity contribution in [2.45, 2.75) is 58.8 Å². The second kappa shape index (κ2) is 6.46. The summed E-state index contributed by atoms with van der Waals surface area (Å²) in [6, 6.07) is 3.43. The number of hydrogen-bond donors (Lipinski definition) is 1. The molecule has 0 amide bonds. The minimum atomic E-state index is 0.514. The van der Waals surface area contributed by atoms with Crippen molar-refractivity contribution in [2.24, 2.45) is 0 Å². The van der Waals surface area contributed by atoms with Gasteiger partial charge in [-0.25, -0.2) is 4.98 Å². The van der Waals surface area contributed by atoms with Gasteiger partial charge in [0.15, 0.2) is 5.13 Å². The van der Waals surface area contributed by atoms with Crippen LogP contribution >= 0.6 is 22.7 Å². The van der Waals surface area contributed by atoms with Crippen LogP contribution in [0, 0.1) is 6.92 Å². The van der Waals surface area contributed by atoms with Crippen molar-refractivity contribution < 1.29 is 0 Å². The van der Waals surface area contributed by atoms with Gasteiger partial charge in [0.1, 0.15) is 0 Å². The van der Waals surface area contributed by atoms with Gasteiger partial charge in [-0.3, -0.25) is 0 Å². The molecule has 1 fully saturated rings. The molecule has 2 aromatic rings. The van der Waals surface area contributed by atoms with Crippen molar-refractivity contribution in [2.75, 3.05) is 4.90 Å². The Labute approximate surface area is 135 Å². The normalized spacial score (nSPS) is 14.9. The van der Waals surface area contributed by atoms with Crippen LogP contribution in [-0.4, -0.2) is 17.1 Å². The number of nitrogens with one attached hydrogen (secondary N) is 1. The largest absolute Gasteiger partial charge is 0.341 e. The molecule has 5 heteroatoms. The topological polar surface area (TPSA) is 28.2 Å². The zero-order valence-electron chi connectivity index (χ0n) is 12.9. The number of aryl methyl sites for hydroxylation is 1. The van der Waals surface area contributed by atoms with E-state index in [1.54, 1.807) is 11.3 Å². The van der Waals surface area contributed by atoms with Crippen LogP contribution in [0.3, 0.4) is 0 Å². The summed E-state index contributed by atoms with van der Waals surface area (Å²) < 4.78 is 0. The van der Waals surface area contributed by atoms with Crippen LogP contribution in [0.2, 0.25) is 0 Å². The average Bonchev–Trinajstić information content (AvgIpc) is 3.02. The third kappa shape index (κ3) is 3.84. The molecule has 1 aliphatic carbocycles. The second-order valence-corrected chi connectivity index (χ2v) is 7.87. The standard InChI is InChI=1S/C16H23N3S2/c1-11(2)17-8-15-12(3)18-16(21-15)19(14-4-5-14)9-13-6-7-20-10-13/h6-7,10-11,14,17H,4-5,8-9H2,1-3H3. The van der Waals surface area contributed by atoms with Gasteiger partial charge in [0.2, 0.25) is 0 Å². The summed E-state index contributed by atoms with van der Waals surface area (Å²) in [5, 5.41) is 9.10. The molecular formula is C16H23N3S2. The first-order valence-corrected chi connectivity index (χ1v) is 9.37. The third-order valence-electron chi connectivity index (χ3n) is 3.72. The Morgan fingerprint density at radius 2 is 2.24 bits per heavy atom. The monoisotopic (exact) mass is 321 g/mol. The van der Waals surface area contributed by atoms with E-state index in [0.29, 0.717) is 12.1 Å². The summed E-state index contributed by atoms with van der Waals surface area (Å²) in [5.74, 6) is 0. The van der Waals surface area contributed by atoms with Gasteiger partial charge in [0, 0.05) is 30.1 Å². The smallest absolute Gasteiger partial charge is 0.186 e. The zero-order valence-corrected chi connectivity index (χ0v) is 14.6. The highest BCUT2D eigenvalue weighted by molar-refractivity contribution is 7.15. The lowest BCUT2D eigenvalue weighted by Crippen LogP contribution is -2.24. The van der Waals surface area contributed by atoms with Gasteiger partial charge in [-0.15, -0.1) is 11.3 Å². The lowest BCUT2D eigenvalue weighted by molar-refractivity contribution is 0.591. The lowest BCUT2D eigenvalue weighted by atomic mass is 10.3. The van der Waals surface area contributed by atoms with Gasteiger partial charge >= 0.3 is 0 Å². The molecule has 1 aliphatic rings. The lowest BCUT2D eigenvalue weighted by Gasteiger charge is -2.20. The highest BCUT2D eigenvalue weighted by Gasteiger charge is 2.31. The van der Waals surface area contributed by atoms with Crippen LogP contribution in [0.15, 0.2) is 16.8 Å². The van der Waals surface area contributed by atoms with E-state index in [1.165, 1.54) is 34.1 Å². The van der Waals surface area contributed by atoms with Gasteiger partial charge in [0.25, 0.3) is 0 Å². The van der Waals surface area contributed by atoms with Crippen molar-refractivity contribution in [1.29, 1.82) is 0 Å². The molecule has 0 atom stereocenters. The molecule has 0 spiro atoms. The molecule has 0 aliphatic heterocycles. The molecule has 0 radical (unpaired) electrons. The van der Waals surface area contributed by atoms with E-state index in [9.17, 15) is 0 Å². The predicted molar refractivity (Wildman–Crippen MR) is 92.4 cm³/mol. The van der Waals surface area contributed by atoms with E-state index in [4.69, 9.17) is 4.98 Å². The van der Waals surface area contributed by atoms with Crippen LogP contribution in [0.4, 0.5) is 5.13 Å². The molecule has 3 nitrogen and oxygen atoms in total. The molecule has 1 N–H and O–H groups in total. The fraction of sp³-hybridized carbons (Fsp3) is 0.562. The van der Waals surface area contributed by atoms with Gasteiger partial charge in [-0.05, 0) is 42.2 Å². The summed E-state index contributed by atoms with van der Waals surface area (Å²) in [6.45, 7) is 8.43. The Balaban J connectivity index is 1.75. The van der Waals surface area contributed by atoms with E-state index >= 15 is 0 Å². The molecule has 0 unspecified atom stereocenters. The van der Waals surface area contributed by atoms with Crippen LogP contribution in [0.5, 0.6) is 0 Å². The van der Waals surface area contributed by atoms with E-state index in [0.717, 1.165) is 13.1 Å². The molecule has 1 saturated carbocycles. The summed E-state index contributed by atoms with van der Waals surface area (Å²) in [5.41, 5.74) is 2.58. The molecule has 0 bridgehead atoms. The number of anilines is 1. The van der Waals surface area contributed by atoms with E-state index in [2.05, 4.69) is 47.8 Å². The van der Waals surface area contributed by atoms with Crippen LogP contribution in [0.1, 0.15) is 42.8 Å². The Bertz CT molecular complexity index is 570. The highest BCUT2D eigenvalue weighted by atomic mass is 32.1. The zero-order chi connectivity index (χ0) is 14.8. The van der Waals surface area contributed by atoms with Gasteiger partial charge < -0.3 is 10.2 Å². The van der Waals surface area contributed by atoms with Crippen molar-refractivity contribution in [1.82, 2.24) is 10.3 Å². The summed E-state index contributed by atoms with van der Waals surface area (Å²) in [6.07, 6.45) is 2.62. The van der Waals surface area contributed by atoms with Crippen LogP contribution in [-0.2, 0) is 13.1 Å². The number of rotatable bonds is 7. The molecule has 114 valence electrons. The second-order valence-electron chi connectivity index (χ2n) is 6.03. The van der Waals surface area contributed by atoms with Crippen LogP contribution < -0.4 is 10.2 Å². The molecule has 3 rings (SSSR count). The predicted octanol–water partition coefficient (Wildman–Crippen LogP) is 4.18. The van der Waals surface area contributed by atoms with E-state index in [1.807, 2.05) is 11.3 Å². The average molecular weight is 322 g/mol. The highest BCUT2D eigenvalue weighted by Crippen LogP contribution is 2.36. The van der Waals surface area contributed by atoms with Crippen molar-refractivity contribution in [3.05, 3.63) is 33.0 Å². The van der Waals surface area contributed by atoms with Gasteiger partial charge in [-0.2, -0.15) is 11.3 Å². The first-order valence-electron chi connectivity index (χ1n) is 7.61. The Kier molecular flexibility index (Phi) is 4.62. The van der Waals surface area contributed by atoms with Gasteiger partial charge in [0.05, 0.1) is 5.69 Å². The number of thiophene rings is 1. The Morgan fingerprint density at radius 1 is 1.43 bits per heavy atom. The Hall–Kier alpha value is -0.910. The van der Waals surface area contributed by atoms with Gasteiger partial charge in [-0.1, -0.05) is 13.8 Å².